The van der Waals surface area contributed by atoms with Crippen LogP contribution in [0.2, 0.25) is 0 Å². The van der Waals surface area contributed by atoms with Crippen LogP contribution in [-0.4, -0.2) is 13.7 Å². The number of halogens is 3. The topological polar surface area (TPSA) is 27.7 Å². The van der Waals surface area contributed by atoms with E-state index >= 15 is 0 Å². The minimum absolute atomic E-state index is 0.106. The average Bonchev–Trinajstić information content (AvgIpc) is 2.86. The van der Waals surface area contributed by atoms with Crippen molar-refractivity contribution < 1.29 is 27.4 Å². The lowest BCUT2D eigenvalue weighted by Crippen LogP contribution is -1.99. The van der Waals surface area contributed by atoms with Gasteiger partial charge in [-0.2, -0.15) is 0 Å². The van der Waals surface area contributed by atoms with Gasteiger partial charge in [0.1, 0.15) is 18.1 Å². The van der Waals surface area contributed by atoms with Gasteiger partial charge in [0.2, 0.25) is 0 Å². The molecule has 34 heavy (non-hydrogen) atoms. The first-order valence-electron chi connectivity index (χ1n) is 10.8. The molecular formula is C28H23F3O3. The third kappa shape index (κ3) is 5.01. The second kappa shape index (κ2) is 10.3. The maximum absolute atomic E-state index is 14.9. The van der Waals surface area contributed by atoms with E-state index in [1.165, 1.54) is 12.1 Å². The van der Waals surface area contributed by atoms with Crippen LogP contribution in [0.5, 0.6) is 17.2 Å². The molecule has 0 spiro atoms. The van der Waals surface area contributed by atoms with Gasteiger partial charge in [-0.15, -0.1) is 0 Å². The molecule has 4 aromatic carbocycles. The standard InChI is InChI=1S/C28H23F3O3/c1-3-33-22-12-15-26(25(29)16-22)34-17-18-4-6-19(7-5-18)23-13-14-24(28(31)27(23)30)20-8-10-21(32-2)11-9-20/h4-16H,3,17H2,1-2H3. The Hall–Kier alpha value is -3.93. The Labute approximate surface area is 196 Å². The molecule has 174 valence electrons. The van der Waals surface area contributed by atoms with Gasteiger partial charge >= 0.3 is 0 Å². The number of methoxy groups -OCH3 is 1. The molecule has 0 heterocycles. The highest BCUT2D eigenvalue weighted by atomic mass is 19.2. The van der Waals surface area contributed by atoms with Gasteiger partial charge in [-0.25, -0.2) is 13.2 Å². The predicted molar refractivity (Wildman–Crippen MR) is 126 cm³/mol. The maximum atomic E-state index is 14.9. The summed E-state index contributed by atoms with van der Waals surface area (Å²) >= 11 is 0. The molecule has 0 atom stereocenters. The summed E-state index contributed by atoms with van der Waals surface area (Å²) in [6.07, 6.45) is 0. The van der Waals surface area contributed by atoms with Crippen molar-refractivity contribution in [3.8, 4) is 39.5 Å². The van der Waals surface area contributed by atoms with Crippen LogP contribution < -0.4 is 14.2 Å². The van der Waals surface area contributed by atoms with E-state index < -0.39 is 17.5 Å². The van der Waals surface area contributed by atoms with Crippen LogP contribution in [0.4, 0.5) is 13.2 Å². The number of benzene rings is 4. The molecule has 0 amide bonds. The Morgan fingerprint density at radius 2 is 1.21 bits per heavy atom. The second-order valence-corrected chi connectivity index (χ2v) is 7.53. The fraction of sp³-hybridized carbons (Fsp3) is 0.143. The summed E-state index contributed by atoms with van der Waals surface area (Å²) in [7, 11) is 1.54. The molecule has 0 aliphatic carbocycles. The SMILES string of the molecule is CCOc1ccc(OCc2ccc(-c3ccc(-c4ccc(OC)cc4)c(F)c3F)cc2)c(F)c1. The highest BCUT2D eigenvalue weighted by Gasteiger charge is 2.16. The van der Waals surface area contributed by atoms with Crippen LogP contribution >= 0.6 is 0 Å². The molecular weight excluding hydrogens is 441 g/mol. The molecule has 0 N–H and O–H groups in total. The summed E-state index contributed by atoms with van der Waals surface area (Å²) in [6.45, 7) is 2.39. The molecule has 0 fully saturated rings. The summed E-state index contributed by atoms with van der Waals surface area (Å²) in [6, 6.07) is 21.1. The summed E-state index contributed by atoms with van der Waals surface area (Å²) in [5, 5.41) is 0. The molecule has 3 nitrogen and oxygen atoms in total. The molecule has 0 aromatic heterocycles. The van der Waals surface area contributed by atoms with E-state index in [1.54, 1.807) is 73.8 Å². The number of rotatable bonds is 8. The fourth-order valence-electron chi connectivity index (χ4n) is 3.56. The van der Waals surface area contributed by atoms with E-state index in [1.807, 2.05) is 6.92 Å². The van der Waals surface area contributed by atoms with Gasteiger partial charge in [-0.3, -0.25) is 0 Å². The van der Waals surface area contributed by atoms with Crippen molar-refractivity contribution in [3.63, 3.8) is 0 Å². The van der Waals surface area contributed by atoms with Crippen molar-refractivity contribution >= 4 is 0 Å². The lowest BCUT2D eigenvalue weighted by atomic mass is 9.98. The molecule has 0 bridgehead atoms. The summed E-state index contributed by atoms with van der Waals surface area (Å²) in [4.78, 5) is 0. The van der Waals surface area contributed by atoms with Gasteiger partial charge in [0.15, 0.2) is 23.2 Å². The maximum Gasteiger partial charge on any atom is 0.168 e. The Bertz CT molecular complexity index is 1270. The molecule has 0 aliphatic heterocycles. The monoisotopic (exact) mass is 464 g/mol. The molecule has 4 aromatic rings. The number of ether oxygens (including phenoxy) is 3. The van der Waals surface area contributed by atoms with E-state index in [0.29, 0.717) is 29.2 Å². The van der Waals surface area contributed by atoms with E-state index in [2.05, 4.69) is 0 Å². The van der Waals surface area contributed by atoms with Crippen LogP contribution in [0, 0.1) is 17.5 Å². The van der Waals surface area contributed by atoms with E-state index in [4.69, 9.17) is 14.2 Å². The van der Waals surface area contributed by atoms with Gasteiger partial charge in [0, 0.05) is 17.2 Å². The van der Waals surface area contributed by atoms with Crippen molar-refractivity contribution in [1.29, 1.82) is 0 Å². The highest BCUT2D eigenvalue weighted by Crippen LogP contribution is 2.32. The van der Waals surface area contributed by atoms with E-state index in [9.17, 15) is 13.2 Å². The van der Waals surface area contributed by atoms with Crippen molar-refractivity contribution in [2.24, 2.45) is 0 Å². The van der Waals surface area contributed by atoms with Crippen molar-refractivity contribution in [3.05, 3.63) is 102 Å². The first kappa shape index (κ1) is 23.2. The van der Waals surface area contributed by atoms with Crippen molar-refractivity contribution in [2.75, 3.05) is 13.7 Å². The Kier molecular flexibility index (Phi) is 7.07. The predicted octanol–water partition coefficient (Wildman–Crippen LogP) is 7.42. The first-order valence-corrected chi connectivity index (χ1v) is 10.8. The molecule has 6 heteroatoms. The molecule has 4 rings (SSSR count). The normalized spacial score (nSPS) is 10.7. The van der Waals surface area contributed by atoms with Crippen LogP contribution in [0.15, 0.2) is 78.9 Å². The van der Waals surface area contributed by atoms with Crippen molar-refractivity contribution in [2.45, 2.75) is 13.5 Å². The zero-order valence-corrected chi connectivity index (χ0v) is 18.8. The van der Waals surface area contributed by atoms with Crippen molar-refractivity contribution in [1.82, 2.24) is 0 Å². The number of hydrogen-bond acceptors (Lipinski definition) is 3. The Balaban J connectivity index is 1.48. The molecule has 0 saturated heterocycles. The second-order valence-electron chi connectivity index (χ2n) is 7.53. The minimum atomic E-state index is -0.922. The molecule has 0 unspecified atom stereocenters. The quantitative estimate of drug-likeness (QED) is 0.272. The minimum Gasteiger partial charge on any atom is -0.497 e. The summed E-state index contributed by atoms with van der Waals surface area (Å²) < 4.78 is 59.8. The molecule has 0 saturated carbocycles. The van der Waals surface area contributed by atoms with E-state index in [-0.39, 0.29) is 23.5 Å². The smallest absolute Gasteiger partial charge is 0.168 e. The fourth-order valence-corrected chi connectivity index (χ4v) is 3.56. The summed E-state index contributed by atoms with van der Waals surface area (Å²) in [5.74, 6) is -1.18. The van der Waals surface area contributed by atoms with Gasteiger partial charge in [0.25, 0.3) is 0 Å². The van der Waals surface area contributed by atoms with Crippen LogP contribution in [0.3, 0.4) is 0 Å². The van der Waals surface area contributed by atoms with Gasteiger partial charge in [-0.1, -0.05) is 48.5 Å². The third-order valence-corrected chi connectivity index (χ3v) is 5.36. The number of hydrogen-bond donors (Lipinski definition) is 0. The Morgan fingerprint density at radius 1 is 0.647 bits per heavy atom. The lowest BCUT2D eigenvalue weighted by Gasteiger charge is -2.11. The van der Waals surface area contributed by atoms with Crippen LogP contribution in [-0.2, 0) is 6.61 Å². The third-order valence-electron chi connectivity index (χ3n) is 5.36. The first-order chi connectivity index (χ1) is 16.5. The van der Waals surface area contributed by atoms with Gasteiger partial charge in [0.05, 0.1) is 13.7 Å². The van der Waals surface area contributed by atoms with Gasteiger partial charge in [-0.05, 0) is 47.9 Å². The molecule has 0 aliphatic rings. The van der Waals surface area contributed by atoms with Crippen LogP contribution in [0.1, 0.15) is 12.5 Å². The zero-order valence-electron chi connectivity index (χ0n) is 18.8. The lowest BCUT2D eigenvalue weighted by molar-refractivity contribution is 0.287. The van der Waals surface area contributed by atoms with E-state index in [0.717, 1.165) is 5.56 Å². The zero-order chi connectivity index (χ0) is 24.1. The van der Waals surface area contributed by atoms with Crippen LogP contribution in [0.25, 0.3) is 22.3 Å². The van der Waals surface area contributed by atoms with Gasteiger partial charge < -0.3 is 14.2 Å². The largest absolute Gasteiger partial charge is 0.497 e. The molecule has 0 radical (unpaired) electrons. The summed E-state index contributed by atoms with van der Waals surface area (Å²) in [5.41, 5.74) is 2.16. The Morgan fingerprint density at radius 3 is 1.74 bits per heavy atom. The highest BCUT2D eigenvalue weighted by molar-refractivity contribution is 5.72. The average molecular weight is 464 g/mol.